The molecule has 0 saturated carbocycles. The maximum absolute atomic E-state index is 12.3. The molecule has 8 heteroatoms. The second-order valence-electron chi connectivity index (χ2n) is 5.86. The molecule has 0 aliphatic carbocycles. The van der Waals surface area contributed by atoms with Gasteiger partial charge in [0.25, 0.3) is 11.6 Å². The number of nitro groups is 1. The van der Waals surface area contributed by atoms with Crippen molar-refractivity contribution in [2.75, 3.05) is 6.54 Å². The number of nitrogens with zero attached hydrogens (tertiary/aromatic N) is 2. The number of amides is 1. The molecule has 0 saturated heterocycles. The van der Waals surface area contributed by atoms with Gasteiger partial charge >= 0.3 is 0 Å². The fourth-order valence-corrected chi connectivity index (χ4v) is 3.10. The van der Waals surface area contributed by atoms with Gasteiger partial charge in [0.15, 0.2) is 0 Å². The van der Waals surface area contributed by atoms with Crippen molar-refractivity contribution in [3.05, 3.63) is 74.9 Å². The molecule has 1 atom stereocenters. The zero-order chi connectivity index (χ0) is 18.8. The third kappa shape index (κ3) is 3.40. The quantitative estimate of drug-likeness (QED) is 0.530. The Labute approximate surface area is 154 Å². The van der Waals surface area contributed by atoms with E-state index in [4.69, 9.17) is 11.6 Å². The van der Waals surface area contributed by atoms with Crippen LogP contribution in [0.4, 0.5) is 5.69 Å². The minimum Gasteiger partial charge on any atom is -0.386 e. The molecule has 0 fully saturated rings. The van der Waals surface area contributed by atoms with Gasteiger partial charge in [-0.15, -0.1) is 0 Å². The summed E-state index contributed by atoms with van der Waals surface area (Å²) < 4.78 is 1.91. The molecule has 26 heavy (non-hydrogen) atoms. The number of aliphatic hydroxyl groups excluding tert-OH is 1. The average molecular weight is 374 g/mol. The summed E-state index contributed by atoms with van der Waals surface area (Å²) >= 11 is 5.95. The van der Waals surface area contributed by atoms with Crippen LogP contribution in [0.15, 0.2) is 48.7 Å². The smallest absolute Gasteiger partial charge is 0.270 e. The number of halogens is 1. The Kier molecular flexibility index (Phi) is 4.92. The van der Waals surface area contributed by atoms with E-state index in [0.29, 0.717) is 5.56 Å². The Morgan fingerprint density at radius 3 is 2.77 bits per heavy atom. The van der Waals surface area contributed by atoms with Gasteiger partial charge in [-0.05, 0) is 12.1 Å². The van der Waals surface area contributed by atoms with Gasteiger partial charge in [0.05, 0.1) is 21.6 Å². The van der Waals surface area contributed by atoms with E-state index in [1.165, 1.54) is 12.1 Å². The molecule has 1 amide bonds. The summed E-state index contributed by atoms with van der Waals surface area (Å²) in [5.74, 6) is -0.510. The van der Waals surface area contributed by atoms with Crippen molar-refractivity contribution < 1.29 is 14.8 Å². The molecule has 0 aliphatic heterocycles. The molecule has 0 aliphatic rings. The van der Waals surface area contributed by atoms with Gasteiger partial charge in [-0.25, -0.2) is 0 Å². The van der Waals surface area contributed by atoms with Gasteiger partial charge in [0.1, 0.15) is 0 Å². The molecule has 2 aromatic carbocycles. The molecule has 1 heterocycles. The number of non-ortho nitro benzene ring substituents is 1. The maximum Gasteiger partial charge on any atom is 0.270 e. The van der Waals surface area contributed by atoms with E-state index in [2.05, 4.69) is 5.32 Å². The number of para-hydroxylation sites is 1. The van der Waals surface area contributed by atoms with E-state index in [1.807, 2.05) is 42.1 Å². The molecule has 0 spiro atoms. The lowest BCUT2D eigenvalue weighted by molar-refractivity contribution is -0.384. The van der Waals surface area contributed by atoms with Crippen molar-refractivity contribution >= 4 is 34.1 Å². The number of rotatable bonds is 5. The summed E-state index contributed by atoms with van der Waals surface area (Å²) in [6.45, 7) is -0.0137. The number of hydrogen-bond donors (Lipinski definition) is 2. The Morgan fingerprint density at radius 2 is 2.08 bits per heavy atom. The van der Waals surface area contributed by atoms with E-state index < -0.39 is 16.9 Å². The van der Waals surface area contributed by atoms with Crippen molar-refractivity contribution in [3.63, 3.8) is 0 Å². The highest BCUT2D eigenvalue weighted by molar-refractivity contribution is 6.34. The molecule has 1 unspecified atom stereocenters. The molecule has 3 aromatic rings. The van der Waals surface area contributed by atoms with Crippen molar-refractivity contribution in [1.82, 2.24) is 9.88 Å². The summed E-state index contributed by atoms with van der Waals surface area (Å²) in [4.78, 5) is 22.4. The summed E-state index contributed by atoms with van der Waals surface area (Å²) in [6, 6.07) is 11.3. The third-order valence-corrected chi connectivity index (χ3v) is 4.46. The number of aliphatic hydroxyl groups is 1. The Bertz CT molecular complexity index is 999. The van der Waals surface area contributed by atoms with Crippen molar-refractivity contribution in [3.8, 4) is 0 Å². The van der Waals surface area contributed by atoms with Gasteiger partial charge in [-0.2, -0.15) is 0 Å². The zero-order valence-electron chi connectivity index (χ0n) is 13.8. The summed E-state index contributed by atoms with van der Waals surface area (Å²) in [5.41, 5.74) is 1.61. The lowest BCUT2D eigenvalue weighted by Gasteiger charge is -2.12. The normalized spacial score (nSPS) is 12.1. The first-order valence-corrected chi connectivity index (χ1v) is 8.20. The monoisotopic (exact) mass is 373 g/mol. The van der Waals surface area contributed by atoms with Crippen LogP contribution in [0.5, 0.6) is 0 Å². The predicted molar refractivity (Wildman–Crippen MR) is 98.3 cm³/mol. The van der Waals surface area contributed by atoms with Crippen LogP contribution in [0.1, 0.15) is 22.0 Å². The van der Waals surface area contributed by atoms with Crippen LogP contribution in [0.25, 0.3) is 10.9 Å². The largest absolute Gasteiger partial charge is 0.386 e. The number of carbonyl (C=O) groups is 1. The van der Waals surface area contributed by atoms with Crippen molar-refractivity contribution in [1.29, 1.82) is 0 Å². The van der Waals surface area contributed by atoms with Gasteiger partial charge < -0.3 is 15.0 Å². The Balaban J connectivity index is 1.74. The molecular formula is C18H16ClN3O4. The second kappa shape index (κ2) is 7.15. The molecule has 7 nitrogen and oxygen atoms in total. The third-order valence-electron chi connectivity index (χ3n) is 4.15. The SMILES string of the molecule is Cn1cc(C(O)CNC(=O)c2ccc([N+](=O)[O-])cc2Cl)c2ccccc21. The fraction of sp³-hybridized carbons (Fsp3) is 0.167. The molecule has 0 bridgehead atoms. The van der Waals surface area contributed by atoms with Crippen LogP contribution in [-0.2, 0) is 7.05 Å². The standard InChI is InChI=1S/C18H16ClN3O4/c1-21-10-14(12-4-2-3-5-16(12)21)17(23)9-20-18(24)13-7-6-11(22(25)26)8-15(13)19/h2-8,10,17,23H,9H2,1H3,(H,20,24). The Morgan fingerprint density at radius 1 is 1.35 bits per heavy atom. The number of hydrogen-bond acceptors (Lipinski definition) is 4. The van der Waals surface area contributed by atoms with Gasteiger partial charge in [-0.1, -0.05) is 29.8 Å². The number of carbonyl (C=O) groups excluding carboxylic acids is 1. The first-order valence-electron chi connectivity index (χ1n) is 7.82. The average Bonchev–Trinajstić information content (AvgIpc) is 2.96. The molecule has 134 valence electrons. The maximum atomic E-state index is 12.3. The predicted octanol–water partition coefficient (Wildman–Crippen LogP) is 3.20. The topological polar surface area (TPSA) is 97.4 Å². The zero-order valence-corrected chi connectivity index (χ0v) is 14.6. The number of benzene rings is 2. The summed E-state index contributed by atoms with van der Waals surface area (Å²) in [5, 5.41) is 24.7. The van der Waals surface area contributed by atoms with E-state index in [1.54, 1.807) is 0 Å². The molecule has 3 rings (SSSR count). The number of nitro benzene ring substituents is 1. The highest BCUT2D eigenvalue weighted by Crippen LogP contribution is 2.26. The number of aromatic nitrogens is 1. The van der Waals surface area contributed by atoms with Crippen LogP contribution in [0.2, 0.25) is 5.02 Å². The van der Waals surface area contributed by atoms with Crippen LogP contribution < -0.4 is 5.32 Å². The minimum absolute atomic E-state index is 0.0137. The van der Waals surface area contributed by atoms with Crippen molar-refractivity contribution in [2.45, 2.75) is 6.10 Å². The van der Waals surface area contributed by atoms with E-state index in [9.17, 15) is 20.0 Å². The van der Waals surface area contributed by atoms with Crippen LogP contribution >= 0.6 is 11.6 Å². The first-order chi connectivity index (χ1) is 12.4. The number of nitrogens with one attached hydrogen (secondary N) is 1. The fourth-order valence-electron chi connectivity index (χ4n) is 2.83. The van der Waals surface area contributed by atoms with Gasteiger partial charge in [0, 0.05) is 48.4 Å². The van der Waals surface area contributed by atoms with Gasteiger partial charge in [0.2, 0.25) is 0 Å². The number of fused-ring (bicyclic) bond motifs is 1. The summed E-state index contributed by atoms with van der Waals surface area (Å²) in [6.07, 6.45) is 0.919. The van der Waals surface area contributed by atoms with Crippen molar-refractivity contribution in [2.24, 2.45) is 7.05 Å². The van der Waals surface area contributed by atoms with E-state index in [-0.39, 0.29) is 22.8 Å². The highest BCUT2D eigenvalue weighted by Gasteiger charge is 2.18. The van der Waals surface area contributed by atoms with E-state index >= 15 is 0 Å². The van der Waals surface area contributed by atoms with Crippen LogP contribution in [0.3, 0.4) is 0 Å². The molecule has 2 N–H and O–H groups in total. The van der Waals surface area contributed by atoms with Crippen LogP contribution in [-0.4, -0.2) is 27.0 Å². The second-order valence-corrected chi connectivity index (χ2v) is 6.27. The van der Waals surface area contributed by atoms with E-state index in [0.717, 1.165) is 17.0 Å². The van der Waals surface area contributed by atoms with Gasteiger partial charge in [-0.3, -0.25) is 14.9 Å². The number of aryl methyl sites for hydroxylation is 1. The molecule has 1 aromatic heterocycles. The highest BCUT2D eigenvalue weighted by atomic mass is 35.5. The minimum atomic E-state index is -0.901. The lowest BCUT2D eigenvalue weighted by atomic mass is 10.1. The Hall–Kier alpha value is -2.90. The lowest BCUT2D eigenvalue weighted by Crippen LogP contribution is -2.28. The van der Waals surface area contributed by atoms with Crippen LogP contribution in [0, 0.1) is 10.1 Å². The first kappa shape index (κ1) is 17.9. The molecular weight excluding hydrogens is 358 g/mol. The molecule has 0 radical (unpaired) electrons. The summed E-state index contributed by atoms with van der Waals surface area (Å²) in [7, 11) is 1.88.